The first-order valence-corrected chi connectivity index (χ1v) is 9.58. The molecule has 0 aliphatic carbocycles. The molecule has 5 N–H and O–H groups in total. The predicted octanol–water partition coefficient (Wildman–Crippen LogP) is 2.40. The van der Waals surface area contributed by atoms with E-state index in [1.165, 1.54) is 11.8 Å². The number of thioether (sulfide) groups is 1. The van der Waals surface area contributed by atoms with Crippen molar-refractivity contribution in [3.05, 3.63) is 47.0 Å². The lowest BCUT2D eigenvalue weighted by molar-refractivity contribution is -0.141. The van der Waals surface area contributed by atoms with E-state index in [2.05, 4.69) is 20.2 Å². The van der Waals surface area contributed by atoms with E-state index in [0.29, 0.717) is 5.03 Å². The summed E-state index contributed by atoms with van der Waals surface area (Å²) in [6.45, 7) is 1.61. The van der Waals surface area contributed by atoms with Gasteiger partial charge in [-0.2, -0.15) is 13.2 Å². The van der Waals surface area contributed by atoms with Crippen LogP contribution >= 0.6 is 11.8 Å². The summed E-state index contributed by atoms with van der Waals surface area (Å²) in [7, 11) is 0. The van der Waals surface area contributed by atoms with Crippen molar-refractivity contribution in [3.63, 3.8) is 0 Å². The molecule has 1 aromatic heterocycles. The number of nitrogens with two attached hydrogens (primary N) is 2. The van der Waals surface area contributed by atoms with Crippen LogP contribution in [-0.4, -0.2) is 35.0 Å². The van der Waals surface area contributed by atoms with Crippen molar-refractivity contribution in [2.24, 2.45) is 11.5 Å². The number of anilines is 2. The number of aromatic nitrogens is 2. The summed E-state index contributed by atoms with van der Waals surface area (Å²) in [4.78, 5) is 22.3. The lowest BCUT2D eigenvalue weighted by Gasteiger charge is -2.18. The van der Waals surface area contributed by atoms with Gasteiger partial charge in [0, 0.05) is 35.9 Å². The number of nitrogens with zero attached hydrogens (tertiary/aromatic N) is 3. The second-order valence-corrected chi connectivity index (χ2v) is 7.79. The third-order valence-electron chi connectivity index (χ3n) is 4.66. The summed E-state index contributed by atoms with van der Waals surface area (Å²) in [5.74, 6) is -1.29. The zero-order chi connectivity index (χ0) is 20.8. The molecule has 0 radical (unpaired) electrons. The van der Waals surface area contributed by atoms with Gasteiger partial charge in [0.2, 0.25) is 0 Å². The Labute approximate surface area is 168 Å². The molecule has 29 heavy (non-hydrogen) atoms. The summed E-state index contributed by atoms with van der Waals surface area (Å²) < 4.78 is 39.0. The Morgan fingerprint density at radius 1 is 1.31 bits per heavy atom. The van der Waals surface area contributed by atoms with Crippen LogP contribution in [0.2, 0.25) is 0 Å². The van der Waals surface area contributed by atoms with Gasteiger partial charge in [0.25, 0.3) is 5.91 Å². The molecular weight excluding hydrogens is 405 g/mol. The van der Waals surface area contributed by atoms with Crippen LogP contribution in [0.4, 0.5) is 24.5 Å². The SMILES string of the molecule is NC(=O)/C(=C1\Nc2ccc(N3CCC(N)C3)cc2S1)c1nccc(C(F)(F)F)n1. The predicted molar refractivity (Wildman–Crippen MR) is 104 cm³/mol. The molecule has 0 bridgehead atoms. The first kappa shape index (κ1) is 19.5. The number of hydrogen-bond donors (Lipinski definition) is 3. The summed E-state index contributed by atoms with van der Waals surface area (Å²) in [5, 5.41) is 3.33. The van der Waals surface area contributed by atoms with Crippen molar-refractivity contribution in [1.82, 2.24) is 9.97 Å². The van der Waals surface area contributed by atoms with Gasteiger partial charge in [-0.1, -0.05) is 11.8 Å². The quantitative estimate of drug-likeness (QED) is 0.652. The molecule has 1 unspecified atom stereocenters. The Morgan fingerprint density at radius 3 is 2.76 bits per heavy atom. The van der Waals surface area contributed by atoms with Crippen LogP contribution in [-0.2, 0) is 11.0 Å². The van der Waals surface area contributed by atoms with Crippen LogP contribution < -0.4 is 21.7 Å². The fourth-order valence-electron chi connectivity index (χ4n) is 3.25. The van der Waals surface area contributed by atoms with E-state index in [-0.39, 0.29) is 17.4 Å². The number of hydrogen-bond acceptors (Lipinski definition) is 7. The van der Waals surface area contributed by atoms with Crippen LogP contribution in [0.25, 0.3) is 5.57 Å². The number of carbonyl (C=O) groups excluding carboxylic acids is 1. The second kappa shape index (κ2) is 7.23. The Hall–Kier alpha value is -2.79. The van der Waals surface area contributed by atoms with E-state index in [1.54, 1.807) is 0 Å². The first-order valence-electron chi connectivity index (χ1n) is 8.76. The molecular formula is C18H17F3N6OS. The number of carbonyl (C=O) groups is 1. The summed E-state index contributed by atoms with van der Waals surface area (Å²) in [5.41, 5.74) is 11.8. The molecule has 3 heterocycles. The lowest BCUT2D eigenvalue weighted by Crippen LogP contribution is -2.26. The summed E-state index contributed by atoms with van der Waals surface area (Å²) in [6, 6.07) is 6.59. The normalized spacial score (nSPS) is 20.4. The van der Waals surface area contributed by atoms with Crippen LogP contribution in [0, 0.1) is 0 Å². The second-order valence-electron chi connectivity index (χ2n) is 6.73. The van der Waals surface area contributed by atoms with Crippen molar-refractivity contribution >= 4 is 34.6 Å². The Kier molecular flexibility index (Phi) is 4.87. The summed E-state index contributed by atoms with van der Waals surface area (Å²) >= 11 is 1.20. The average molecular weight is 422 g/mol. The Bertz CT molecular complexity index is 1010. The minimum atomic E-state index is -4.66. The van der Waals surface area contributed by atoms with Gasteiger partial charge < -0.3 is 21.7 Å². The molecule has 4 rings (SSSR count). The topological polar surface area (TPSA) is 110 Å². The highest BCUT2D eigenvalue weighted by Crippen LogP contribution is 2.45. The standard InChI is InChI=1S/C18H17F3N6OS/c19-18(20,21)13-3-5-24-16(26-13)14(15(23)28)17-25-11-2-1-10(7-12(11)29-17)27-6-4-9(22)8-27/h1-3,5,7,9,25H,4,6,8,22H2,(H2,23,28)/b17-14-. The number of fused-ring (bicyclic) bond motifs is 1. The molecule has 1 fully saturated rings. The van der Waals surface area contributed by atoms with Crippen LogP contribution in [0.15, 0.2) is 40.4 Å². The van der Waals surface area contributed by atoms with Crippen molar-refractivity contribution in [3.8, 4) is 0 Å². The fraction of sp³-hybridized carbons (Fsp3) is 0.278. The number of halogens is 3. The minimum absolute atomic E-state index is 0.129. The number of alkyl halides is 3. The Balaban J connectivity index is 1.68. The van der Waals surface area contributed by atoms with Gasteiger partial charge in [0.1, 0.15) is 11.3 Å². The van der Waals surface area contributed by atoms with E-state index in [4.69, 9.17) is 11.5 Å². The highest BCUT2D eigenvalue weighted by atomic mass is 32.2. The monoisotopic (exact) mass is 422 g/mol. The molecule has 11 heteroatoms. The van der Waals surface area contributed by atoms with Crippen LogP contribution in [0.3, 0.4) is 0 Å². The van der Waals surface area contributed by atoms with Gasteiger partial charge in [-0.05, 0) is 30.7 Å². The van der Waals surface area contributed by atoms with E-state index >= 15 is 0 Å². The van der Waals surface area contributed by atoms with Gasteiger partial charge in [-0.25, -0.2) is 9.97 Å². The smallest absolute Gasteiger partial charge is 0.370 e. The van der Waals surface area contributed by atoms with Crippen molar-refractivity contribution in [1.29, 1.82) is 0 Å². The average Bonchev–Trinajstić information content (AvgIpc) is 3.26. The molecule has 1 saturated heterocycles. The maximum atomic E-state index is 13.0. The number of rotatable bonds is 3. The molecule has 1 aromatic carbocycles. The minimum Gasteiger partial charge on any atom is -0.370 e. The van der Waals surface area contributed by atoms with Crippen LogP contribution in [0.5, 0.6) is 0 Å². The maximum Gasteiger partial charge on any atom is 0.433 e. The molecule has 7 nitrogen and oxygen atoms in total. The molecule has 0 spiro atoms. The van der Waals surface area contributed by atoms with E-state index in [1.807, 2.05) is 18.2 Å². The number of benzene rings is 1. The molecule has 152 valence electrons. The highest BCUT2D eigenvalue weighted by molar-refractivity contribution is 8.04. The lowest BCUT2D eigenvalue weighted by atomic mass is 10.2. The zero-order valence-corrected chi connectivity index (χ0v) is 15.8. The first-order chi connectivity index (χ1) is 13.7. The molecule has 2 aliphatic heterocycles. The fourth-order valence-corrected chi connectivity index (χ4v) is 4.33. The van der Waals surface area contributed by atoms with Crippen LogP contribution in [0.1, 0.15) is 17.9 Å². The van der Waals surface area contributed by atoms with Gasteiger partial charge in [-0.15, -0.1) is 0 Å². The molecule has 2 aliphatic rings. The van der Waals surface area contributed by atoms with E-state index < -0.39 is 17.8 Å². The maximum absolute atomic E-state index is 13.0. The van der Waals surface area contributed by atoms with Crippen molar-refractivity contribution in [2.45, 2.75) is 23.5 Å². The van der Waals surface area contributed by atoms with Gasteiger partial charge in [-0.3, -0.25) is 4.79 Å². The largest absolute Gasteiger partial charge is 0.433 e. The zero-order valence-electron chi connectivity index (χ0n) is 15.0. The molecule has 0 saturated carbocycles. The third-order valence-corrected chi connectivity index (χ3v) is 5.73. The molecule has 1 amide bonds. The van der Waals surface area contributed by atoms with Gasteiger partial charge >= 0.3 is 6.18 Å². The van der Waals surface area contributed by atoms with E-state index in [0.717, 1.165) is 48.0 Å². The molecule has 1 atom stereocenters. The van der Waals surface area contributed by atoms with Crippen molar-refractivity contribution in [2.75, 3.05) is 23.3 Å². The summed E-state index contributed by atoms with van der Waals surface area (Å²) in [6.07, 6.45) is -2.79. The van der Waals surface area contributed by atoms with Gasteiger partial charge in [0.05, 0.1) is 10.7 Å². The van der Waals surface area contributed by atoms with E-state index in [9.17, 15) is 18.0 Å². The highest BCUT2D eigenvalue weighted by Gasteiger charge is 2.34. The molecule has 2 aromatic rings. The van der Waals surface area contributed by atoms with Gasteiger partial charge in [0.15, 0.2) is 5.82 Å². The third kappa shape index (κ3) is 3.87. The Morgan fingerprint density at radius 2 is 2.10 bits per heavy atom. The number of nitrogens with one attached hydrogen (secondary N) is 1. The number of amides is 1. The number of primary amides is 1. The van der Waals surface area contributed by atoms with Crippen molar-refractivity contribution < 1.29 is 18.0 Å².